The number of Topliss-reactive ketones (excluding diaryl/α,β-unsaturated/α-hetero) is 1. The Labute approximate surface area is 215 Å². The van der Waals surface area contributed by atoms with Crippen LogP contribution in [0.25, 0.3) is 0 Å². The summed E-state index contributed by atoms with van der Waals surface area (Å²) in [6.07, 6.45) is 5.56. The van der Waals surface area contributed by atoms with Crippen LogP contribution in [0.2, 0.25) is 0 Å². The highest BCUT2D eigenvalue weighted by Crippen LogP contribution is 2.51. The molecule has 0 aromatic heterocycles. The molecule has 6 rings (SSSR count). The molecule has 4 fully saturated rings. The van der Waals surface area contributed by atoms with Crippen molar-refractivity contribution in [3.63, 3.8) is 0 Å². The highest BCUT2D eigenvalue weighted by Gasteiger charge is 2.61. The summed E-state index contributed by atoms with van der Waals surface area (Å²) in [4.78, 5) is 35.1. The number of carbonyl (C=O) groups excluding carboxylic acids is 2. The summed E-state index contributed by atoms with van der Waals surface area (Å²) in [7, 11) is 0. The summed E-state index contributed by atoms with van der Waals surface area (Å²) in [6, 6.07) is 21.1. The van der Waals surface area contributed by atoms with Gasteiger partial charge < -0.3 is 9.80 Å². The minimum Gasteiger partial charge on any atom is -0.332 e. The molecule has 4 aliphatic heterocycles. The first-order valence-electron chi connectivity index (χ1n) is 14.0. The van der Waals surface area contributed by atoms with E-state index in [1.165, 1.54) is 11.1 Å². The molecule has 2 aromatic carbocycles. The van der Waals surface area contributed by atoms with Crippen molar-refractivity contribution in [3.05, 3.63) is 71.8 Å². The van der Waals surface area contributed by atoms with Crippen LogP contribution in [-0.2, 0) is 22.6 Å². The molecule has 4 saturated heterocycles. The molecule has 0 N–H and O–H groups in total. The van der Waals surface area contributed by atoms with Crippen LogP contribution in [0.1, 0.15) is 43.2 Å². The van der Waals surface area contributed by atoms with E-state index >= 15 is 0 Å². The molecule has 4 heterocycles. The predicted octanol–water partition coefficient (Wildman–Crippen LogP) is 4.02. The van der Waals surface area contributed by atoms with Gasteiger partial charge in [-0.25, -0.2) is 0 Å². The molecular weight excluding hydrogens is 446 g/mol. The minimum absolute atomic E-state index is 0.110. The Morgan fingerprint density at radius 1 is 0.778 bits per heavy atom. The quantitative estimate of drug-likeness (QED) is 0.620. The molecule has 4 aliphatic rings. The lowest BCUT2D eigenvalue weighted by molar-refractivity contribution is -0.169. The van der Waals surface area contributed by atoms with Crippen LogP contribution in [0.15, 0.2) is 60.7 Å². The molecule has 2 aromatic rings. The van der Waals surface area contributed by atoms with Crippen molar-refractivity contribution < 1.29 is 9.59 Å². The lowest BCUT2D eigenvalue weighted by Gasteiger charge is -2.53. The van der Waals surface area contributed by atoms with Gasteiger partial charge in [-0.3, -0.25) is 14.5 Å². The van der Waals surface area contributed by atoms with E-state index in [1.54, 1.807) is 0 Å². The Balaban J connectivity index is 1.18. The third-order valence-corrected chi connectivity index (χ3v) is 9.51. The number of likely N-dealkylation sites (tertiary alicyclic amines) is 2. The zero-order chi connectivity index (χ0) is 24.5. The van der Waals surface area contributed by atoms with Crippen LogP contribution < -0.4 is 0 Å². The average Bonchev–Trinajstić information content (AvgIpc) is 3.59. The van der Waals surface area contributed by atoms with E-state index in [1.807, 2.05) is 4.90 Å². The van der Waals surface area contributed by atoms with Gasteiger partial charge in [-0.2, -0.15) is 0 Å². The predicted molar refractivity (Wildman–Crippen MR) is 141 cm³/mol. The molecule has 0 bridgehead atoms. The third kappa shape index (κ3) is 4.41. The van der Waals surface area contributed by atoms with E-state index in [2.05, 4.69) is 70.5 Å². The summed E-state index contributed by atoms with van der Waals surface area (Å²) in [6.45, 7) is 6.51. The summed E-state index contributed by atoms with van der Waals surface area (Å²) >= 11 is 0. The van der Waals surface area contributed by atoms with Crippen molar-refractivity contribution >= 4 is 11.7 Å². The van der Waals surface area contributed by atoms with E-state index in [0.717, 1.165) is 84.3 Å². The van der Waals surface area contributed by atoms with Gasteiger partial charge >= 0.3 is 0 Å². The van der Waals surface area contributed by atoms with Crippen LogP contribution in [0.4, 0.5) is 0 Å². The maximum atomic E-state index is 14.1. The Morgan fingerprint density at radius 2 is 1.47 bits per heavy atom. The average molecular weight is 486 g/mol. The lowest BCUT2D eigenvalue weighted by Crippen LogP contribution is -2.65. The third-order valence-electron chi connectivity index (χ3n) is 9.51. The van der Waals surface area contributed by atoms with Gasteiger partial charge in [0.25, 0.3) is 0 Å². The van der Waals surface area contributed by atoms with Gasteiger partial charge in [-0.15, -0.1) is 0 Å². The van der Waals surface area contributed by atoms with Crippen molar-refractivity contribution in [3.8, 4) is 0 Å². The number of rotatable bonds is 6. The lowest BCUT2D eigenvalue weighted by atomic mass is 9.58. The molecule has 5 nitrogen and oxygen atoms in total. The largest absolute Gasteiger partial charge is 0.332 e. The summed E-state index contributed by atoms with van der Waals surface area (Å²) < 4.78 is 0. The van der Waals surface area contributed by atoms with Crippen LogP contribution in [0.5, 0.6) is 0 Å². The zero-order valence-corrected chi connectivity index (χ0v) is 21.4. The van der Waals surface area contributed by atoms with Gasteiger partial charge in [-0.1, -0.05) is 60.7 Å². The highest BCUT2D eigenvalue weighted by molar-refractivity contribution is 6.01. The molecule has 3 unspecified atom stereocenters. The van der Waals surface area contributed by atoms with Gasteiger partial charge in [-0.05, 0) is 75.2 Å². The van der Waals surface area contributed by atoms with Crippen LogP contribution in [0.3, 0.4) is 0 Å². The Bertz CT molecular complexity index is 1060. The summed E-state index contributed by atoms with van der Waals surface area (Å²) in [5, 5.41) is 0. The second kappa shape index (κ2) is 10.1. The van der Waals surface area contributed by atoms with Crippen molar-refractivity contribution in [2.75, 3.05) is 39.3 Å². The van der Waals surface area contributed by atoms with Crippen LogP contribution in [-0.4, -0.2) is 71.7 Å². The fourth-order valence-electron chi connectivity index (χ4n) is 7.64. The normalized spacial score (nSPS) is 28.7. The Morgan fingerprint density at radius 3 is 2.19 bits per heavy atom. The molecule has 0 radical (unpaired) electrons. The van der Waals surface area contributed by atoms with Gasteiger partial charge in [0, 0.05) is 32.1 Å². The van der Waals surface area contributed by atoms with Gasteiger partial charge in [0.1, 0.15) is 0 Å². The number of hydrogen-bond donors (Lipinski definition) is 0. The van der Waals surface area contributed by atoms with Crippen LogP contribution in [0, 0.1) is 17.3 Å². The number of hydrogen-bond acceptors (Lipinski definition) is 4. The number of nitrogens with zero attached hydrogens (tertiary/aromatic N) is 3. The van der Waals surface area contributed by atoms with Crippen molar-refractivity contribution in [2.24, 2.45) is 17.3 Å². The monoisotopic (exact) mass is 485 g/mol. The second-order valence-corrected chi connectivity index (χ2v) is 11.5. The van der Waals surface area contributed by atoms with E-state index in [4.69, 9.17) is 0 Å². The molecule has 36 heavy (non-hydrogen) atoms. The SMILES string of the molecule is O=C1C2CCCN2C(=O)C2(CCN(CCc3ccccc3)CC2)C1C1CCN(Cc2ccccc2)C1. The number of fused-ring (bicyclic) bond motifs is 1. The maximum absolute atomic E-state index is 14.1. The fraction of sp³-hybridized carbons (Fsp3) is 0.548. The smallest absolute Gasteiger partial charge is 0.230 e. The van der Waals surface area contributed by atoms with E-state index < -0.39 is 5.41 Å². The number of ketones is 1. The molecule has 190 valence electrons. The molecule has 0 aliphatic carbocycles. The molecule has 1 amide bonds. The van der Waals surface area contributed by atoms with Crippen molar-refractivity contribution in [2.45, 2.75) is 51.1 Å². The van der Waals surface area contributed by atoms with Gasteiger partial charge in [0.2, 0.25) is 5.91 Å². The standard InChI is InChI=1S/C31H39N3O2/c35-29-27-12-7-17-34(27)30(36)31(15-20-32(21-16-31)18-13-24-8-3-1-4-9-24)28(29)26-14-19-33(23-26)22-25-10-5-2-6-11-25/h1-6,8-11,26-28H,7,12-23H2. The highest BCUT2D eigenvalue weighted by atomic mass is 16.2. The molecule has 5 heteroatoms. The molecule has 3 atom stereocenters. The number of benzene rings is 2. The van der Waals surface area contributed by atoms with E-state index in [-0.39, 0.29) is 12.0 Å². The molecule has 1 spiro atoms. The maximum Gasteiger partial charge on any atom is 0.230 e. The van der Waals surface area contributed by atoms with Crippen LogP contribution >= 0.6 is 0 Å². The van der Waals surface area contributed by atoms with Gasteiger partial charge in [0.15, 0.2) is 5.78 Å². The first-order valence-corrected chi connectivity index (χ1v) is 14.0. The van der Waals surface area contributed by atoms with E-state index in [9.17, 15) is 9.59 Å². The summed E-state index contributed by atoms with van der Waals surface area (Å²) in [5.41, 5.74) is 2.20. The molecule has 0 saturated carbocycles. The second-order valence-electron chi connectivity index (χ2n) is 11.5. The number of amides is 1. The number of piperidine rings is 2. The summed E-state index contributed by atoms with van der Waals surface area (Å²) in [5.74, 6) is 0.875. The first-order chi connectivity index (χ1) is 17.6. The minimum atomic E-state index is -0.491. The zero-order valence-electron chi connectivity index (χ0n) is 21.4. The van der Waals surface area contributed by atoms with E-state index in [0.29, 0.717) is 17.6 Å². The topological polar surface area (TPSA) is 43.9 Å². The first kappa shape index (κ1) is 23.9. The Hall–Kier alpha value is -2.50. The Kier molecular flexibility index (Phi) is 6.70. The van der Waals surface area contributed by atoms with Crippen molar-refractivity contribution in [1.82, 2.24) is 14.7 Å². The fourth-order valence-corrected chi connectivity index (χ4v) is 7.64. The number of carbonyl (C=O) groups is 2. The van der Waals surface area contributed by atoms with Gasteiger partial charge in [0.05, 0.1) is 11.5 Å². The molecular formula is C31H39N3O2. The van der Waals surface area contributed by atoms with Crippen molar-refractivity contribution in [1.29, 1.82) is 0 Å².